The van der Waals surface area contributed by atoms with Crippen LogP contribution in [-0.2, 0) is 14.3 Å². The van der Waals surface area contributed by atoms with Crippen molar-refractivity contribution in [2.24, 2.45) is 0 Å². The van der Waals surface area contributed by atoms with Gasteiger partial charge in [-0.2, -0.15) is 0 Å². The molecule has 0 aromatic carbocycles. The summed E-state index contributed by atoms with van der Waals surface area (Å²) in [4.78, 5) is 24.9. The molecule has 0 spiro atoms. The van der Waals surface area contributed by atoms with Crippen molar-refractivity contribution >= 4 is 12.0 Å². The Morgan fingerprint density at radius 2 is 2.14 bits per heavy atom. The molecular formula is C14H24N2O5. The first-order valence-electron chi connectivity index (χ1n) is 7.38. The highest BCUT2D eigenvalue weighted by Crippen LogP contribution is 2.24. The van der Waals surface area contributed by atoms with E-state index in [0.29, 0.717) is 19.8 Å². The fourth-order valence-corrected chi connectivity index (χ4v) is 2.91. The first-order chi connectivity index (χ1) is 9.87. The van der Waals surface area contributed by atoms with E-state index in [1.165, 1.54) is 0 Å². The van der Waals surface area contributed by atoms with Crippen LogP contribution in [0.2, 0.25) is 0 Å². The van der Waals surface area contributed by atoms with Crippen molar-refractivity contribution in [2.75, 3.05) is 26.4 Å². The number of carboxylic acid groups (broad SMARTS) is 1. The topological polar surface area (TPSA) is 88.1 Å². The van der Waals surface area contributed by atoms with Gasteiger partial charge in [0, 0.05) is 19.2 Å². The molecule has 0 aliphatic carbocycles. The number of carbonyl (C=O) groups is 2. The van der Waals surface area contributed by atoms with E-state index in [9.17, 15) is 9.59 Å². The molecule has 2 fully saturated rings. The minimum atomic E-state index is -0.921. The van der Waals surface area contributed by atoms with E-state index in [4.69, 9.17) is 14.6 Å². The summed E-state index contributed by atoms with van der Waals surface area (Å²) in [5.74, 6) is -0.921. The van der Waals surface area contributed by atoms with Gasteiger partial charge in [-0.15, -0.1) is 0 Å². The number of hydrogen-bond donors (Lipinski definition) is 2. The highest BCUT2D eigenvalue weighted by Gasteiger charge is 2.33. The molecular weight excluding hydrogens is 276 g/mol. The number of hydrogen-bond acceptors (Lipinski definition) is 4. The lowest BCUT2D eigenvalue weighted by molar-refractivity contribution is -0.139. The van der Waals surface area contributed by atoms with Gasteiger partial charge in [0.1, 0.15) is 0 Å². The minimum absolute atomic E-state index is 0.0644. The Labute approximate surface area is 124 Å². The molecule has 0 radical (unpaired) electrons. The van der Waals surface area contributed by atoms with Crippen LogP contribution in [0.15, 0.2) is 0 Å². The fourth-order valence-electron chi connectivity index (χ4n) is 2.91. The number of ether oxygens (including phenoxy) is 2. The molecule has 0 aromatic heterocycles. The first-order valence-corrected chi connectivity index (χ1v) is 7.38. The fraction of sp³-hybridized carbons (Fsp3) is 0.857. The molecule has 21 heavy (non-hydrogen) atoms. The van der Waals surface area contributed by atoms with E-state index in [1.807, 2.05) is 13.8 Å². The number of amides is 2. The molecule has 2 unspecified atom stereocenters. The third-order valence-electron chi connectivity index (χ3n) is 3.92. The molecule has 0 saturated carbocycles. The number of nitrogens with one attached hydrogen (secondary N) is 1. The second kappa shape index (κ2) is 6.62. The van der Waals surface area contributed by atoms with Gasteiger partial charge < -0.3 is 24.8 Å². The van der Waals surface area contributed by atoms with Crippen molar-refractivity contribution < 1.29 is 24.2 Å². The lowest BCUT2D eigenvalue weighted by Gasteiger charge is -2.39. The largest absolute Gasteiger partial charge is 0.481 e. The van der Waals surface area contributed by atoms with Crippen LogP contribution in [0.4, 0.5) is 4.79 Å². The van der Waals surface area contributed by atoms with Crippen LogP contribution in [0.1, 0.15) is 33.1 Å². The van der Waals surface area contributed by atoms with Crippen molar-refractivity contribution in [1.82, 2.24) is 10.2 Å². The van der Waals surface area contributed by atoms with E-state index in [0.717, 1.165) is 12.8 Å². The van der Waals surface area contributed by atoms with Crippen LogP contribution < -0.4 is 5.32 Å². The molecule has 2 aliphatic heterocycles. The molecule has 2 heterocycles. The number of morpholine rings is 1. The van der Waals surface area contributed by atoms with Gasteiger partial charge in [-0.25, -0.2) is 4.79 Å². The summed E-state index contributed by atoms with van der Waals surface area (Å²) in [6, 6.07) is -0.536. The number of urea groups is 1. The molecule has 2 rings (SSSR count). The molecule has 0 bridgehead atoms. The molecule has 0 aromatic rings. The Morgan fingerprint density at radius 3 is 2.81 bits per heavy atom. The maximum Gasteiger partial charge on any atom is 0.318 e. The third kappa shape index (κ3) is 4.57. The number of carbonyl (C=O) groups excluding carboxylic acids is 1. The predicted octanol–water partition coefficient (Wildman–Crippen LogP) is 0.829. The highest BCUT2D eigenvalue weighted by molar-refractivity contribution is 5.76. The molecule has 2 N–H and O–H groups in total. The molecule has 2 amide bonds. The normalized spacial score (nSPS) is 29.0. The van der Waals surface area contributed by atoms with Gasteiger partial charge in [0.05, 0.1) is 31.3 Å². The monoisotopic (exact) mass is 300 g/mol. The van der Waals surface area contributed by atoms with E-state index >= 15 is 0 Å². The van der Waals surface area contributed by atoms with Crippen LogP contribution >= 0.6 is 0 Å². The van der Waals surface area contributed by atoms with Gasteiger partial charge in [0.15, 0.2) is 0 Å². The Balaban J connectivity index is 1.92. The molecule has 7 heteroatoms. The Hall–Kier alpha value is -1.34. The third-order valence-corrected chi connectivity index (χ3v) is 3.92. The summed E-state index contributed by atoms with van der Waals surface area (Å²) < 4.78 is 10.9. The summed E-state index contributed by atoms with van der Waals surface area (Å²) in [5, 5.41) is 11.9. The van der Waals surface area contributed by atoms with Crippen molar-refractivity contribution in [3.8, 4) is 0 Å². The molecule has 2 aliphatic rings. The van der Waals surface area contributed by atoms with E-state index in [-0.39, 0.29) is 30.7 Å². The second-order valence-electron chi connectivity index (χ2n) is 6.27. The van der Waals surface area contributed by atoms with Crippen molar-refractivity contribution in [2.45, 2.75) is 50.8 Å². The SMILES string of the molecule is CC1(C)CC(NC(=O)N2CCOCC2CC(=O)O)CCO1. The maximum atomic E-state index is 12.4. The second-order valence-corrected chi connectivity index (χ2v) is 6.27. The van der Waals surface area contributed by atoms with Gasteiger partial charge in [-0.1, -0.05) is 0 Å². The van der Waals surface area contributed by atoms with Gasteiger partial charge in [-0.05, 0) is 26.7 Å². The summed E-state index contributed by atoms with van der Waals surface area (Å²) >= 11 is 0. The maximum absolute atomic E-state index is 12.4. The Bertz CT molecular complexity index is 399. The van der Waals surface area contributed by atoms with E-state index in [2.05, 4.69) is 5.32 Å². The van der Waals surface area contributed by atoms with Crippen molar-refractivity contribution in [3.05, 3.63) is 0 Å². The summed E-state index contributed by atoms with van der Waals surface area (Å²) in [7, 11) is 0. The van der Waals surface area contributed by atoms with Crippen LogP contribution in [0.3, 0.4) is 0 Å². The minimum Gasteiger partial charge on any atom is -0.481 e. The zero-order valence-electron chi connectivity index (χ0n) is 12.6. The van der Waals surface area contributed by atoms with Crippen LogP contribution in [0, 0.1) is 0 Å². The van der Waals surface area contributed by atoms with Crippen molar-refractivity contribution in [3.63, 3.8) is 0 Å². The smallest absolute Gasteiger partial charge is 0.318 e. The Kier molecular flexibility index (Phi) is 5.05. The summed E-state index contributed by atoms with van der Waals surface area (Å²) in [6.07, 6.45) is 1.45. The highest BCUT2D eigenvalue weighted by atomic mass is 16.5. The average molecular weight is 300 g/mol. The zero-order valence-corrected chi connectivity index (χ0v) is 12.6. The molecule has 120 valence electrons. The number of rotatable bonds is 3. The summed E-state index contributed by atoms with van der Waals surface area (Å²) in [5.41, 5.74) is -0.234. The first kappa shape index (κ1) is 16.0. The standard InChI is InChI=1S/C14H24N2O5/c1-14(2)8-10(3-5-21-14)15-13(19)16-4-6-20-9-11(16)7-12(17)18/h10-11H,3-9H2,1-2H3,(H,15,19)(H,17,18). The Morgan fingerprint density at radius 1 is 1.38 bits per heavy atom. The lowest BCUT2D eigenvalue weighted by Crippen LogP contribution is -2.56. The van der Waals surface area contributed by atoms with Gasteiger partial charge in [0.25, 0.3) is 0 Å². The average Bonchev–Trinajstić information content (AvgIpc) is 2.37. The van der Waals surface area contributed by atoms with Crippen molar-refractivity contribution in [1.29, 1.82) is 0 Å². The lowest BCUT2D eigenvalue weighted by atomic mass is 9.94. The molecule has 2 saturated heterocycles. The zero-order chi connectivity index (χ0) is 15.5. The van der Waals surface area contributed by atoms with Gasteiger partial charge in [-0.3, -0.25) is 4.79 Å². The summed E-state index contributed by atoms with van der Waals surface area (Å²) in [6.45, 7) is 5.79. The quantitative estimate of drug-likeness (QED) is 0.806. The number of nitrogens with zero attached hydrogens (tertiary/aromatic N) is 1. The number of aliphatic carboxylic acids is 1. The van der Waals surface area contributed by atoms with E-state index in [1.54, 1.807) is 4.90 Å². The molecule has 2 atom stereocenters. The van der Waals surface area contributed by atoms with Crippen LogP contribution in [0.25, 0.3) is 0 Å². The molecule has 7 nitrogen and oxygen atoms in total. The van der Waals surface area contributed by atoms with Crippen LogP contribution in [-0.4, -0.2) is 66.1 Å². The predicted molar refractivity (Wildman–Crippen MR) is 75.2 cm³/mol. The number of carboxylic acids is 1. The van der Waals surface area contributed by atoms with Gasteiger partial charge >= 0.3 is 12.0 Å². The van der Waals surface area contributed by atoms with Crippen LogP contribution in [0.5, 0.6) is 0 Å². The van der Waals surface area contributed by atoms with Gasteiger partial charge in [0.2, 0.25) is 0 Å². The van der Waals surface area contributed by atoms with E-state index < -0.39 is 12.0 Å².